The van der Waals surface area contributed by atoms with Crippen molar-refractivity contribution in [2.75, 3.05) is 13.2 Å². The van der Waals surface area contributed by atoms with Gasteiger partial charge in [-0.2, -0.15) is 0 Å². The summed E-state index contributed by atoms with van der Waals surface area (Å²) in [7, 11) is 0. The highest BCUT2D eigenvalue weighted by Gasteiger charge is 2.16. The Labute approximate surface area is 157 Å². The minimum Gasteiger partial charge on any atom is -0.377 e. The van der Waals surface area contributed by atoms with E-state index in [1.54, 1.807) is 12.1 Å². The van der Waals surface area contributed by atoms with Gasteiger partial charge in [0.2, 0.25) is 0 Å². The molecule has 0 amide bonds. The molecule has 1 aliphatic heterocycles. The van der Waals surface area contributed by atoms with Gasteiger partial charge >= 0.3 is 0 Å². The van der Waals surface area contributed by atoms with Crippen molar-refractivity contribution < 1.29 is 9.13 Å². The fourth-order valence-electron chi connectivity index (χ4n) is 3.62. The molecular formula is C21H22ClFN2O. The first kappa shape index (κ1) is 17.5. The Morgan fingerprint density at radius 1 is 1.19 bits per heavy atom. The number of rotatable bonds is 6. The van der Waals surface area contributed by atoms with Gasteiger partial charge in [0, 0.05) is 47.4 Å². The number of fused-ring (bicyclic) bond motifs is 1. The van der Waals surface area contributed by atoms with Crippen LogP contribution in [0.5, 0.6) is 0 Å². The summed E-state index contributed by atoms with van der Waals surface area (Å²) in [6, 6.07) is 13.0. The van der Waals surface area contributed by atoms with E-state index in [1.807, 2.05) is 12.1 Å². The van der Waals surface area contributed by atoms with Crippen molar-refractivity contribution in [1.29, 1.82) is 0 Å². The summed E-state index contributed by atoms with van der Waals surface area (Å²) in [4.78, 5) is 0. The molecule has 1 aromatic heterocycles. The number of hydrogen-bond donors (Lipinski definition) is 1. The average Bonchev–Trinajstić information content (AvgIpc) is 3.27. The van der Waals surface area contributed by atoms with Crippen molar-refractivity contribution in [3.05, 3.63) is 70.6 Å². The quantitative estimate of drug-likeness (QED) is 0.675. The van der Waals surface area contributed by atoms with Crippen molar-refractivity contribution in [3.8, 4) is 0 Å². The number of hydrogen-bond acceptors (Lipinski definition) is 2. The van der Waals surface area contributed by atoms with Crippen LogP contribution in [0.4, 0.5) is 4.39 Å². The van der Waals surface area contributed by atoms with Gasteiger partial charge in [0.05, 0.1) is 12.6 Å². The van der Waals surface area contributed by atoms with Crippen LogP contribution in [0.3, 0.4) is 0 Å². The van der Waals surface area contributed by atoms with Crippen molar-refractivity contribution in [1.82, 2.24) is 9.88 Å². The van der Waals surface area contributed by atoms with Gasteiger partial charge in [-0.15, -0.1) is 0 Å². The summed E-state index contributed by atoms with van der Waals surface area (Å²) in [6.07, 6.45) is 4.69. The summed E-state index contributed by atoms with van der Waals surface area (Å²) < 4.78 is 21.9. The standard InChI is InChI=1S/C21H22ClFN2O/c22-19-7-3-8-20(23)18(19)14-25-13-15(17-6-1-2-9-21(17)25)11-24-12-16-5-4-10-26-16/h1-3,6-9,13,16,24H,4-5,10-12,14H2/t16-/m0/s1. The van der Waals surface area contributed by atoms with E-state index in [9.17, 15) is 4.39 Å². The second-order valence-corrected chi connectivity index (χ2v) is 7.17. The van der Waals surface area contributed by atoms with Gasteiger partial charge in [0.25, 0.3) is 0 Å². The number of ether oxygens (including phenoxy) is 1. The smallest absolute Gasteiger partial charge is 0.129 e. The first-order chi connectivity index (χ1) is 12.7. The Morgan fingerprint density at radius 2 is 2.08 bits per heavy atom. The number of benzene rings is 2. The highest BCUT2D eigenvalue weighted by atomic mass is 35.5. The Balaban J connectivity index is 1.57. The molecule has 26 heavy (non-hydrogen) atoms. The molecule has 1 saturated heterocycles. The monoisotopic (exact) mass is 372 g/mol. The molecule has 2 aromatic carbocycles. The summed E-state index contributed by atoms with van der Waals surface area (Å²) in [6.45, 7) is 2.91. The first-order valence-electron chi connectivity index (χ1n) is 9.04. The molecule has 3 nitrogen and oxygen atoms in total. The van der Waals surface area contributed by atoms with Gasteiger partial charge in [-0.1, -0.05) is 35.9 Å². The molecular weight excluding hydrogens is 351 g/mol. The molecule has 0 aliphatic carbocycles. The summed E-state index contributed by atoms with van der Waals surface area (Å²) in [5.74, 6) is -0.270. The van der Waals surface area contributed by atoms with E-state index in [0.717, 1.165) is 38.1 Å². The van der Waals surface area contributed by atoms with Crippen LogP contribution >= 0.6 is 11.6 Å². The Kier molecular flexibility index (Phi) is 5.25. The van der Waals surface area contributed by atoms with Crippen LogP contribution in [-0.2, 0) is 17.8 Å². The van der Waals surface area contributed by atoms with Crippen LogP contribution in [0.15, 0.2) is 48.7 Å². The van der Waals surface area contributed by atoms with E-state index in [2.05, 4.69) is 28.2 Å². The number of aromatic nitrogens is 1. The van der Waals surface area contributed by atoms with Gasteiger partial charge in [-0.05, 0) is 36.6 Å². The molecule has 0 radical (unpaired) electrons. The minimum atomic E-state index is -0.270. The lowest BCUT2D eigenvalue weighted by molar-refractivity contribution is 0.110. The Bertz CT molecular complexity index is 882. The van der Waals surface area contributed by atoms with Crippen LogP contribution in [0.1, 0.15) is 24.0 Å². The Hall–Kier alpha value is -1.88. The van der Waals surface area contributed by atoms with Gasteiger partial charge in [0.1, 0.15) is 5.82 Å². The fraction of sp³-hybridized carbons (Fsp3) is 0.333. The molecule has 0 spiro atoms. The second-order valence-electron chi connectivity index (χ2n) is 6.77. The van der Waals surface area contributed by atoms with E-state index < -0.39 is 0 Å². The van der Waals surface area contributed by atoms with E-state index in [1.165, 1.54) is 17.0 Å². The van der Waals surface area contributed by atoms with Crippen LogP contribution in [-0.4, -0.2) is 23.8 Å². The molecule has 5 heteroatoms. The first-order valence-corrected chi connectivity index (χ1v) is 9.42. The SMILES string of the molecule is Fc1cccc(Cl)c1Cn1cc(CNC[C@@H]2CCCO2)c2ccccc21. The Morgan fingerprint density at radius 3 is 2.88 bits per heavy atom. The number of nitrogens with zero attached hydrogens (tertiary/aromatic N) is 1. The van der Waals surface area contributed by atoms with E-state index in [0.29, 0.717) is 23.2 Å². The van der Waals surface area contributed by atoms with Crippen molar-refractivity contribution in [3.63, 3.8) is 0 Å². The van der Waals surface area contributed by atoms with Crippen LogP contribution < -0.4 is 5.32 Å². The lowest BCUT2D eigenvalue weighted by atomic mass is 10.1. The minimum absolute atomic E-state index is 0.270. The molecule has 0 unspecified atom stereocenters. The van der Waals surface area contributed by atoms with Crippen LogP contribution in [0.25, 0.3) is 10.9 Å². The molecule has 1 atom stereocenters. The third-order valence-corrected chi connectivity index (χ3v) is 5.33. The topological polar surface area (TPSA) is 26.2 Å². The normalized spacial score (nSPS) is 17.2. The average molecular weight is 373 g/mol. The summed E-state index contributed by atoms with van der Waals surface area (Å²) >= 11 is 6.21. The molecule has 3 aromatic rings. The molecule has 0 saturated carbocycles. The maximum Gasteiger partial charge on any atom is 0.129 e. The van der Waals surface area contributed by atoms with Gasteiger partial charge in [-0.3, -0.25) is 0 Å². The van der Waals surface area contributed by atoms with Gasteiger partial charge in [-0.25, -0.2) is 4.39 Å². The molecule has 1 N–H and O–H groups in total. The lowest BCUT2D eigenvalue weighted by Crippen LogP contribution is -2.25. The van der Waals surface area contributed by atoms with E-state index in [-0.39, 0.29) is 5.82 Å². The van der Waals surface area contributed by atoms with Crippen molar-refractivity contribution in [2.45, 2.75) is 32.0 Å². The summed E-state index contributed by atoms with van der Waals surface area (Å²) in [5, 5.41) is 5.14. The van der Waals surface area contributed by atoms with E-state index >= 15 is 0 Å². The zero-order valence-corrected chi connectivity index (χ0v) is 15.3. The van der Waals surface area contributed by atoms with Crippen LogP contribution in [0.2, 0.25) is 5.02 Å². The zero-order chi connectivity index (χ0) is 17.9. The van der Waals surface area contributed by atoms with Crippen molar-refractivity contribution in [2.24, 2.45) is 0 Å². The maximum absolute atomic E-state index is 14.2. The largest absolute Gasteiger partial charge is 0.377 e. The number of halogens is 2. The van der Waals surface area contributed by atoms with Gasteiger partial charge in [0.15, 0.2) is 0 Å². The second kappa shape index (κ2) is 7.78. The number of nitrogens with one attached hydrogen (secondary N) is 1. The lowest BCUT2D eigenvalue weighted by Gasteiger charge is -2.10. The molecule has 4 rings (SSSR count). The molecule has 0 bridgehead atoms. The molecule has 136 valence electrons. The van der Waals surface area contributed by atoms with Crippen LogP contribution in [0, 0.1) is 5.82 Å². The molecule has 1 aliphatic rings. The highest BCUT2D eigenvalue weighted by Crippen LogP contribution is 2.26. The van der Waals surface area contributed by atoms with Crippen molar-refractivity contribution >= 4 is 22.5 Å². The third kappa shape index (κ3) is 3.63. The predicted octanol–water partition coefficient (Wildman–Crippen LogP) is 4.75. The van der Waals surface area contributed by atoms with Gasteiger partial charge < -0.3 is 14.6 Å². The molecule has 1 fully saturated rings. The highest BCUT2D eigenvalue weighted by molar-refractivity contribution is 6.31. The predicted molar refractivity (Wildman–Crippen MR) is 103 cm³/mol. The fourth-order valence-corrected chi connectivity index (χ4v) is 3.84. The van der Waals surface area contributed by atoms with E-state index in [4.69, 9.17) is 16.3 Å². The molecule has 2 heterocycles. The third-order valence-electron chi connectivity index (χ3n) is 4.97. The zero-order valence-electron chi connectivity index (χ0n) is 14.6. The summed E-state index contributed by atoms with van der Waals surface area (Å²) in [5.41, 5.74) is 2.81. The maximum atomic E-state index is 14.2. The number of para-hydroxylation sites is 1.